The summed E-state index contributed by atoms with van der Waals surface area (Å²) in [6.07, 6.45) is 3.05. The van der Waals surface area contributed by atoms with Crippen molar-refractivity contribution in [2.24, 2.45) is 0 Å². The van der Waals surface area contributed by atoms with Crippen molar-refractivity contribution >= 4 is 22.9 Å². The molecule has 0 fully saturated rings. The number of imidazole rings is 1. The number of benzene rings is 1. The van der Waals surface area contributed by atoms with Gasteiger partial charge in [-0.2, -0.15) is 0 Å². The van der Waals surface area contributed by atoms with Crippen LogP contribution in [0.4, 0.5) is 10.5 Å². The number of hydrogen-bond acceptors (Lipinski definition) is 4. The van der Waals surface area contributed by atoms with E-state index < -0.39 is 0 Å². The third-order valence-corrected chi connectivity index (χ3v) is 4.83. The molecule has 0 saturated heterocycles. The van der Waals surface area contributed by atoms with E-state index in [2.05, 4.69) is 34.3 Å². The third-order valence-electron chi connectivity index (χ3n) is 4.83. The lowest BCUT2D eigenvalue weighted by atomic mass is 10.2. The maximum absolute atomic E-state index is 11.9. The smallest absolute Gasteiger partial charge is 0.319 e. The molecule has 3 rings (SSSR count). The maximum atomic E-state index is 11.9. The van der Waals surface area contributed by atoms with Gasteiger partial charge in [0.05, 0.1) is 25.0 Å². The Morgan fingerprint density at radius 3 is 2.59 bits per heavy atom. The van der Waals surface area contributed by atoms with E-state index in [0.29, 0.717) is 18.8 Å². The van der Waals surface area contributed by atoms with E-state index in [1.165, 1.54) is 0 Å². The molecule has 0 saturated carbocycles. The van der Waals surface area contributed by atoms with Crippen molar-refractivity contribution in [3.63, 3.8) is 0 Å². The van der Waals surface area contributed by atoms with Gasteiger partial charge in [-0.05, 0) is 44.0 Å². The summed E-state index contributed by atoms with van der Waals surface area (Å²) in [4.78, 5) is 21.5. The highest BCUT2D eigenvalue weighted by molar-refractivity contribution is 5.92. The van der Waals surface area contributed by atoms with Crippen LogP contribution in [0.3, 0.4) is 0 Å². The largest absolute Gasteiger partial charge is 0.497 e. The SMILES string of the molecule is CCCCc1nc2cc(NC(=O)NCC)c(C)nc2n1Cc1ccc(OC)cc1. The minimum absolute atomic E-state index is 0.236. The number of nitrogens with one attached hydrogen (secondary N) is 2. The summed E-state index contributed by atoms with van der Waals surface area (Å²) in [6.45, 7) is 7.21. The van der Waals surface area contributed by atoms with Crippen molar-refractivity contribution in [2.75, 3.05) is 19.0 Å². The fourth-order valence-corrected chi connectivity index (χ4v) is 3.24. The van der Waals surface area contributed by atoms with Crippen LogP contribution in [0.15, 0.2) is 30.3 Å². The molecule has 0 unspecified atom stereocenters. The topological polar surface area (TPSA) is 81.1 Å². The number of unbranched alkanes of at least 4 members (excludes halogenated alkanes) is 1. The number of carbonyl (C=O) groups is 1. The van der Waals surface area contributed by atoms with Gasteiger partial charge in [0.15, 0.2) is 5.65 Å². The lowest BCUT2D eigenvalue weighted by Crippen LogP contribution is -2.28. The molecule has 2 aromatic heterocycles. The predicted octanol–water partition coefficient (Wildman–Crippen LogP) is 4.28. The first kappa shape index (κ1) is 20.6. The van der Waals surface area contributed by atoms with Crippen molar-refractivity contribution < 1.29 is 9.53 Å². The number of pyridine rings is 1. The van der Waals surface area contributed by atoms with E-state index in [0.717, 1.165) is 53.3 Å². The van der Waals surface area contributed by atoms with Gasteiger partial charge in [0, 0.05) is 13.0 Å². The zero-order valence-electron chi connectivity index (χ0n) is 17.6. The highest BCUT2D eigenvalue weighted by atomic mass is 16.5. The number of fused-ring (bicyclic) bond motifs is 1. The zero-order valence-corrected chi connectivity index (χ0v) is 17.6. The monoisotopic (exact) mass is 395 g/mol. The van der Waals surface area contributed by atoms with Gasteiger partial charge in [0.2, 0.25) is 0 Å². The van der Waals surface area contributed by atoms with Gasteiger partial charge >= 0.3 is 6.03 Å². The van der Waals surface area contributed by atoms with Gasteiger partial charge in [-0.3, -0.25) is 0 Å². The molecular formula is C22H29N5O2. The number of anilines is 1. The average molecular weight is 396 g/mol. The predicted molar refractivity (Wildman–Crippen MR) is 116 cm³/mol. The minimum atomic E-state index is -0.236. The van der Waals surface area contributed by atoms with Crippen LogP contribution >= 0.6 is 0 Å². The quantitative estimate of drug-likeness (QED) is 0.596. The number of ether oxygens (including phenoxy) is 1. The molecule has 0 aliphatic heterocycles. The lowest BCUT2D eigenvalue weighted by Gasteiger charge is -2.11. The molecule has 154 valence electrons. The molecule has 2 amide bonds. The third kappa shape index (κ3) is 4.85. The molecule has 3 aromatic rings. The van der Waals surface area contributed by atoms with Crippen molar-refractivity contribution in [3.05, 3.63) is 47.4 Å². The highest BCUT2D eigenvalue weighted by Gasteiger charge is 2.15. The maximum Gasteiger partial charge on any atom is 0.319 e. The van der Waals surface area contributed by atoms with E-state index in [4.69, 9.17) is 14.7 Å². The van der Waals surface area contributed by atoms with Crippen LogP contribution in [0.2, 0.25) is 0 Å². The second-order valence-electron chi connectivity index (χ2n) is 7.01. The summed E-state index contributed by atoms with van der Waals surface area (Å²) < 4.78 is 7.43. The molecule has 0 atom stereocenters. The van der Waals surface area contributed by atoms with Gasteiger partial charge in [-0.25, -0.2) is 14.8 Å². The molecule has 29 heavy (non-hydrogen) atoms. The number of urea groups is 1. The Hall–Kier alpha value is -3.09. The molecule has 2 N–H and O–H groups in total. The average Bonchev–Trinajstić information content (AvgIpc) is 3.03. The summed E-state index contributed by atoms with van der Waals surface area (Å²) >= 11 is 0. The molecule has 0 aliphatic carbocycles. The number of nitrogens with zero attached hydrogens (tertiary/aromatic N) is 3. The first-order valence-corrected chi connectivity index (χ1v) is 10.1. The van der Waals surface area contributed by atoms with Crippen molar-refractivity contribution in [1.29, 1.82) is 0 Å². The first-order chi connectivity index (χ1) is 14.0. The van der Waals surface area contributed by atoms with Crippen LogP contribution in [0.25, 0.3) is 11.2 Å². The number of hydrogen-bond donors (Lipinski definition) is 2. The second-order valence-corrected chi connectivity index (χ2v) is 7.01. The van der Waals surface area contributed by atoms with Crippen LogP contribution in [-0.4, -0.2) is 34.2 Å². The van der Waals surface area contributed by atoms with Gasteiger partial charge in [0.25, 0.3) is 0 Å². The Morgan fingerprint density at radius 2 is 1.93 bits per heavy atom. The van der Waals surface area contributed by atoms with Crippen LogP contribution in [-0.2, 0) is 13.0 Å². The standard InChI is InChI=1S/C22H29N5O2/c1-5-7-8-20-25-19-13-18(26-22(28)23-6-2)15(3)24-21(19)27(20)14-16-9-11-17(29-4)12-10-16/h9-13H,5-8,14H2,1-4H3,(H2,23,26,28). The fraction of sp³-hybridized carbons (Fsp3) is 0.409. The minimum Gasteiger partial charge on any atom is -0.497 e. The summed E-state index contributed by atoms with van der Waals surface area (Å²) in [5.41, 5.74) is 4.24. The molecule has 1 aromatic carbocycles. The summed E-state index contributed by atoms with van der Waals surface area (Å²) in [7, 11) is 1.67. The number of carbonyl (C=O) groups excluding carboxylic acids is 1. The van der Waals surface area contributed by atoms with Crippen LogP contribution in [0.5, 0.6) is 5.75 Å². The van der Waals surface area contributed by atoms with E-state index >= 15 is 0 Å². The molecule has 0 spiro atoms. The number of methoxy groups -OCH3 is 1. The van der Waals surface area contributed by atoms with Crippen LogP contribution in [0, 0.1) is 6.92 Å². The first-order valence-electron chi connectivity index (χ1n) is 10.1. The molecule has 0 radical (unpaired) electrons. The zero-order chi connectivity index (χ0) is 20.8. The fourth-order valence-electron chi connectivity index (χ4n) is 3.24. The lowest BCUT2D eigenvalue weighted by molar-refractivity contribution is 0.252. The summed E-state index contributed by atoms with van der Waals surface area (Å²) in [5, 5.41) is 5.60. The van der Waals surface area contributed by atoms with Gasteiger partial charge in [0.1, 0.15) is 17.1 Å². The normalized spacial score (nSPS) is 10.9. The van der Waals surface area contributed by atoms with Crippen LogP contribution < -0.4 is 15.4 Å². The molecule has 2 heterocycles. The van der Waals surface area contributed by atoms with E-state index in [1.807, 2.05) is 32.0 Å². The van der Waals surface area contributed by atoms with E-state index in [9.17, 15) is 4.79 Å². The number of rotatable bonds is 8. The number of aromatic nitrogens is 3. The van der Waals surface area contributed by atoms with Gasteiger partial charge in [-0.15, -0.1) is 0 Å². The Kier molecular flexibility index (Phi) is 6.69. The highest BCUT2D eigenvalue weighted by Crippen LogP contribution is 2.24. The molecule has 0 aliphatic rings. The Balaban J connectivity index is 1.98. The molecule has 7 nitrogen and oxygen atoms in total. The number of amides is 2. The van der Waals surface area contributed by atoms with Crippen molar-refractivity contribution in [2.45, 2.75) is 46.6 Å². The Labute approximate surface area is 171 Å². The van der Waals surface area contributed by atoms with Crippen molar-refractivity contribution in [3.8, 4) is 5.75 Å². The summed E-state index contributed by atoms with van der Waals surface area (Å²) in [5.74, 6) is 1.85. The molecular weight excluding hydrogens is 366 g/mol. The molecule has 7 heteroatoms. The number of aryl methyl sites for hydroxylation is 2. The van der Waals surface area contributed by atoms with Gasteiger partial charge in [-0.1, -0.05) is 25.5 Å². The molecule has 0 bridgehead atoms. The summed E-state index contributed by atoms with van der Waals surface area (Å²) in [6, 6.07) is 9.73. The van der Waals surface area contributed by atoms with E-state index in [-0.39, 0.29) is 6.03 Å². The van der Waals surface area contributed by atoms with Gasteiger partial charge < -0.3 is 19.9 Å². The Morgan fingerprint density at radius 1 is 1.17 bits per heavy atom. The second kappa shape index (κ2) is 9.41. The van der Waals surface area contributed by atoms with Crippen LogP contribution in [0.1, 0.15) is 43.8 Å². The van der Waals surface area contributed by atoms with E-state index in [1.54, 1.807) is 7.11 Å². The van der Waals surface area contributed by atoms with Crippen molar-refractivity contribution in [1.82, 2.24) is 19.9 Å². The Bertz CT molecular complexity index is 979.